The fourth-order valence-electron chi connectivity index (χ4n) is 5.40. The zero-order valence-corrected chi connectivity index (χ0v) is 21.2. The van der Waals surface area contributed by atoms with Crippen LogP contribution in [0.1, 0.15) is 62.4 Å². The summed E-state index contributed by atoms with van der Waals surface area (Å²) in [6.45, 7) is 1.32. The minimum absolute atomic E-state index is 0.00451. The van der Waals surface area contributed by atoms with Crippen LogP contribution in [0.2, 0.25) is 0 Å². The monoisotopic (exact) mass is 540 g/mol. The molecule has 0 unspecified atom stereocenters. The number of anilines is 2. The fourth-order valence-corrected chi connectivity index (χ4v) is 7.74. The van der Waals surface area contributed by atoms with Gasteiger partial charge >= 0.3 is 5.51 Å². The van der Waals surface area contributed by atoms with Gasteiger partial charge in [0, 0.05) is 42.6 Å². The normalized spacial score (nSPS) is 24.4. The number of nitrogens with zero attached hydrogens (tertiary/aromatic N) is 5. The van der Waals surface area contributed by atoms with Crippen molar-refractivity contribution in [2.24, 2.45) is 0 Å². The number of aromatic nitrogens is 4. The van der Waals surface area contributed by atoms with E-state index in [1.54, 1.807) is 0 Å². The zero-order chi connectivity index (χ0) is 25.1. The highest BCUT2D eigenvalue weighted by molar-refractivity contribution is 8.00. The molecule has 1 atom stereocenters. The van der Waals surface area contributed by atoms with Gasteiger partial charge in [0.05, 0.1) is 33.5 Å². The number of aliphatic hydroxyl groups excluding tert-OH is 1. The van der Waals surface area contributed by atoms with Crippen molar-refractivity contribution in [3.63, 3.8) is 0 Å². The molecule has 1 saturated heterocycles. The van der Waals surface area contributed by atoms with Crippen LogP contribution in [-0.2, 0) is 16.2 Å². The Bertz CT molecular complexity index is 1170. The summed E-state index contributed by atoms with van der Waals surface area (Å²) in [6.07, 6.45) is 8.62. The maximum absolute atomic E-state index is 13.0. The Balaban J connectivity index is 1.21. The Labute approximate surface area is 213 Å². The third-order valence-corrected chi connectivity index (χ3v) is 10.2. The molecule has 36 heavy (non-hydrogen) atoms. The van der Waals surface area contributed by atoms with E-state index in [1.165, 1.54) is 12.4 Å². The molecule has 8 nitrogen and oxygen atoms in total. The minimum atomic E-state index is -4.36. The highest BCUT2D eigenvalue weighted by Crippen LogP contribution is 2.56. The van der Waals surface area contributed by atoms with Crippen LogP contribution in [0.4, 0.5) is 24.9 Å². The van der Waals surface area contributed by atoms with Crippen molar-refractivity contribution in [3.8, 4) is 0 Å². The summed E-state index contributed by atoms with van der Waals surface area (Å²) in [7, 11) is -1.16. The van der Waals surface area contributed by atoms with Gasteiger partial charge in [0.25, 0.3) is 0 Å². The minimum Gasteiger partial charge on any atom is -0.394 e. The number of halogens is 3. The van der Waals surface area contributed by atoms with Crippen molar-refractivity contribution in [1.29, 1.82) is 0 Å². The van der Waals surface area contributed by atoms with Crippen molar-refractivity contribution in [2.75, 3.05) is 35.7 Å². The average molecular weight is 541 g/mol. The number of fused-ring (bicyclic) bond motifs is 2. The Morgan fingerprint density at radius 1 is 1.14 bits per heavy atom. The van der Waals surface area contributed by atoms with E-state index in [0.29, 0.717) is 41.3 Å². The van der Waals surface area contributed by atoms with Gasteiger partial charge in [-0.15, -0.1) is 0 Å². The Morgan fingerprint density at radius 3 is 2.39 bits per heavy atom. The second-order valence-electron chi connectivity index (χ2n) is 10.3. The largest absolute Gasteiger partial charge is 0.446 e. The summed E-state index contributed by atoms with van der Waals surface area (Å²) >= 11 is -0.212. The van der Waals surface area contributed by atoms with E-state index >= 15 is 0 Å². The molecule has 3 fully saturated rings. The van der Waals surface area contributed by atoms with E-state index in [4.69, 9.17) is 9.97 Å². The van der Waals surface area contributed by atoms with E-state index in [-0.39, 0.29) is 34.6 Å². The van der Waals surface area contributed by atoms with Crippen LogP contribution < -0.4 is 10.2 Å². The molecule has 13 heteroatoms. The molecule has 2 saturated carbocycles. The number of hydrogen-bond acceptors (Lipinski definition) is 9. The average Bonchev–Trinajstić information content (AvgIpc) is 3.54. The molecule has 0 bridgehead atoms. The molecule has 0 radical (unpaired) electrons. The lowest BCUT2D eigenvalue weighted by molar-refractivity contribution is -0.0328. The van der Waals surface area contributed by atoms with Crippen molar-refractivity contribution in [3.05, 3.63) is 23.9 Å². The van der Waals surface area contributed by atoms with Crippen LogP contribution in [-0.4, -0.2) is 65.7 Å². The first kappa shape index (κ1) is 24.4. The Morgan fingerprint density at radius 2 is 1.83 bits per heavy atom. The Hall–Kier alpha value is -1.99. The zero-order valence-electron chi connectivity index (χ0n) is 19.6. The van der Waals surface area contributed by atoms with Crippen molar-refractivity contribution >= 4 is 34.3 Å². The van der Waals surface area contributed by atoms with Crippen LogP contribution in [0.5, 0.6) is 0 Å². The summed E-state index contributed by atoms with van der Waals surface area (Å²) in [4.78, 5) is 20.9. The number of hydrogen-bond donors (Lipinski definition) is 2. The van der Waals surface area contributed by atoms with Gasteiger partial charge in [-0.25, -0.2) is 15.0 Å². The highest BCUT2D eigenvalue weighted by Gasteiger charge is 2.55. The summed E-state index contributed by atoms with van der Waals surface area (Å²) in [6, 6.07) is 0. The second kappa shape index (κ2) is 8.80. The van der Waals surface area contributed by atoms with Gasteiger partial charge < -0.3 is 15.3 Å². The SMILES string of the molecule is O=[S@]1CC2(CC2)c2nc(N3CCC(c4ncc(SC(F)(F)F)cn4)CC3)nc(NC3(CO)CCC3)c21. The number of nitrogens with one attached hydrogen (secondary N) is 1. The van der Waals surface area contributed by atoms with Gasteiger partial charge in [0.15, 0.2) is 0 Å². The van der Waals surface area contributed by atoms with Crippen molar-refractivity contribution in [1.82, 2.24) is 19.9 Å². The fraction of sp³-hybridized carbons (Fsp3) is 0.652. The molecule has 2 aromatic heterocycles. The molecule has 0 aromatic carbocycles. The van der Waals surface area contributed by atoms with Gasteiger partial charge in [-0.1, -0.05) is 0 Å². The predicted molar refractivity (Wildman–Crippen MR) is 130 cm³/mol. The maximum Gasteiger partial charge on any atom is 0.446 e. The quantitative estimate of drug-likeness (QED) is 0.530. The number of aliphatic hydroxyl groups is 1. The lowest BCUT2D eigenvalue weighted by Gasteiger charge is -2.42. The van der Waals surface area contributed by atoms with Crippen LogP contribution >= 0.6 is 11.8 Å². The van der Waals surface area contributed by atoms with Crippen LogP contribution in [0, 0.1) is 0 Å². The van der Waals surface area contributed by atoms with Crippen LogP contribution in [0.25, 0.3) is 0 Å². The molecular weight excluding hydrogens is 513 g/mol. The smallest absolute Gasteiger partial charge is 0.394 e. The molecule has 4 aliphatic rings. The van der Waals surface area contributed by atoms with Crippen LogP contribution in [0.15, 0.2) is 22.2 Å². The van der Waals surface area contributed by atoms with Crippen molar-refractivity contribution in [2.45, 2.75) is 77.1 Å². The topological polar surface area (TPSA) is 104 Å². The molecular formula is C23H27F3N6O2S2. The standard InChI is InChI=1S/C23H27F3N6O2S2/c24-23(25,26)35-15-10-27-18(28-11-15)14-2-8-32(9-3-14)20-29-17-16(36(34)13-21(17)6-7-21)19(30-20)31-22(12-33)4-1-5-22/h10-11,14,33H,1-9,12-13H2,(H,29,30,31)/t36-/m0/s1. The van der Waals surface area contributed by atoms with Gasteiger partial charge in [-0.05, 0) is 56.7 Å². The number of piperidine rings is 1. The van der Waals surface area contributed by atoms with Gasteiger partial charge in [-0.3, -0.25) is 4.21 Å². The van der Waals surface area contributed by atoms with E-state index in [1.807, 2.05) is 0 Å². The summed E-state index contributed by atoms with van der Waals surface area (Å²) in [5.41, 5.74) is -3.99. The molecule has 0 amide bonds. The molecule has 4 heterocycles. The first-order valence-corrected chi connectivity index (χ1v) is 14.4. The molecule has 2 aliphatic carbocycles. The molecule has 194 valence electrons. The van der Waals surface area contributed by atoms with E-state index in [2.05, 4.69) is 20.2 Å². The summed E-state index contributed by atoms with van der Waals surface area (Å²) in [5, 5.41) is 13.4. The van der Waals surface area contributed by atoms with E-state index in [0.717, 1.165) is 50.6 Å². The molecule has 2 aromatic rings. The Kier molecular flexibility index (Phi) is 5.95. The summed E-state index contributed by atoms with van der Waals surface area (Å²) in [5.74, 6) is 2.39. The van der Waals surface area contributed by atoms with Gasteiger partial charge in [-0.2, -0.15) is 18.2 Å². The first-order valence-electron chi connectivity index (χ1n) is 12.2. The van der Waals surface area contributed by atoms with Crippen LogP contribution in [0.3, 0.4) is 0 Å². The van der Waals surface area contributed by atoms with Gasteiger partial charge in [0.2, 0.25) is 5.95 Å². The lowest BCUT2D eigenvalue weighted by atomic mass is 9.77. The summed E-state index contributed by atoms with van der Waals surface area (Å²) < 4.78 is 50.8. The lowest BCUT2D eigenvalue weighted by Crippen LogP contribution is -2.49. The van der Waals surface area contributed by atoms with E-state index in [9.17, 15) is 22.5 Å². The molecule has 2 aliphatic heterocycles. The number of rotatable bonds is 6. The second-order valence-corrected chi connectivity index (χ2v) is 12.8. The van der Waals surface area contributed by atoms with E-state index < -0.39 is 21.8 Å². The third kappa shape index (κ3) is 4.47. The highest BCUT2D eigenvalue weighted by atomic mass is 32.2. The maximum atomic E-state index is 13.0. The number of alkyl halides is 3. The molecule has 1 spiro atoms. The molecule has 6 rings (SSSR count). The third-order valence-electron chi connectivity index (χ3n) is 7.87. The van der Waals surface area contributed by atoms with Crippen molar-refractivity contribution < 1.29 is 22.5 Å². The first-order chi connectivity index (χ1) is 17.2. The molecule has 2 N–H and O–H groups in total. The predicted octanol–water partition coefficient (Wildman–Crippen LogP) is 3.74. The number of thioether (sulfide) groups is 1. The van der Waals surface area contributed by atoms with Gasteiger partial charge in [0.1, 0.15) is 16.5 Å².